The number of hydrogen-bond donors (Lipinski definition) is 0. The smallest absolute Gasteiger partial charge is 0.0259 e. The van der Waals surface area contributed by atoms with Gasteiger partial charge in [0.2, 0.25) is 0 Å². The van der Waals surface area contributed by atoms with E-state index >= 15 is 0 Å². The summed E-state index contributed by atoms with van der Waals surface area (Å²) in [5.74, 6) is 3.14. The zero-order valence-corrected chi connectivity index (χ0v) is 12.1. The molecule has 2 aliphatic carbocycles. The molecule has 0 nitrogen and oxygen atoms in total. The molecule has 0 aromatic carbocycles. The second-order valence-corrected chi connectivity index (χ2v) is 7.28. The highest BCUT2D eigenvalue weighted by Gasteiger charge is 2.33. The van der Waals surface area contributed by atoms with Crippen LogP contribution in [0.4, 0.5) is 0 Å². The van der Waals surface area contributed by atoms with Gasteiger partial charge in [-0.25, -0.2) is 0 Å². The van der Waals surface area contributed by atoms with Crippen LogP contribution in [0.25, 0.3) is 0 Å². The molecular formula is C15H29P. The lowest BCUT2D eigenvalue weighted by Gasteiger charge is -2.40. The molecule has 2 rings (SSSR count). The molecule has 0 heterocycles. The van der Waals surface area contributed by atoms with Gasteiger partial charge in [-0.05, 0) is 23.4 Å². The molecule has 0 aromatic rings. The quantitative estimate of drug-likeness (QED) is 0.607. The first kappa shape index (κ1) is 12.9. The van der Waals surface area contributed by atoms with Crippen molar-refractivity contribution in [2.24, 2.45) is 17.8 Å². The van der Waals surface area contributed by atoms with Crippen molar-refractivity contribution in [3.05, 3.63) is 0 Å². The lowest BCUT2D eigenvalue weighted by Crippen LogP contribution is -2.32. The molecule has 0 aromatic heterocycles. The van der Waals surface area contributed by atoms with Crippen molar-refractivity contribution in [3.8, 4) is 0 Å². The Morgan fingerprint density at radius 1 is 0.750 bits per heavy atom. The summed E-state index contributed by atoms with van der Waals surface area (Å²) < 4.78 is 0. The fourth-order valence-corrected chi connectivity index (χ4v) is 4.91. The second-order valence-electron chi connectivity index (χ2n) is 6.23. The van der Waals surface area contributed by atoms with Crippen LogP contribution in [0, 0.1) is 17.8 Å². The Morgan fingerprint density at radius 3 is 1.44 bits per heavy atom. The van der Waals surface area contributed by atoms with E-state index in [1.165, 1.54) is 64.2 Å². The molecule has 0 radical (unpaired) electrons. The minimum absolute atomic E-state index is 0.839. The van der Waals surface area contributed by atoms with Crippen molar-refractivity contribution in [2.45, 2.75) is 76.8 Å². The van der Waals surface area contributed by atoms with E-state index in [1.807, 2.05) is 0 Å². The van der Waals surface area contributed by atoms with Crippen LogP contribution in [0.3, 0.4) is 0 Å². The van der Waals surface area contributed by atoms with E-state index < -0.39 is 0 Å². The second kappa shape index (κ2) is 6.39. The van der Waals surface area contributed by atoms with E-state index in [1.54, 1.807) is 0 Å². The van der Waals surface area contributed by atoms with Gasteiger partial charge in [-0.2, -0.15) is 0 Å². The molecule has 0 aliphatic heterocycles. The zero-order chi connectivity index (χ0) is 11.4. The van der Waals surface area contributed by atoms with Gasteiger partial charge in [0, 0.05) is 0 Å². The zero-order valence-electron chi connectivity index (χ0n) is 11.0. The Balaban J connectivity index is 1.96. The Labute approximate surface area is 104 Å². The fraction of sp³-hybridized carbons (Fsp3) is 1.00. The number of rotatable bonds is 3. The predicted octanol–water partition coefficient (Wildman–Crippen LogP) is 5.03. The molecule has 94 valence electrons. The van der Waals surface area contributed by atoms with E-state index in [-0.39, 0.29) is 0 Å². The van der Waals surface area contributed by atoms with Gasteiger partial charge in [0.1, 0.15) is 0 Å². The Hall–Kier alpha value is 0.430. The predicted molar refractivity (Wildman–Crippen MR) is 75.8 cm³/mol. The Bertz CT molecular complexity index is 170. The summed E-state index contributed by atoms with van der Waals surface area (Å²) >= 11 is 0. The van der Waals surface area contributed by atoms with E-state index in [2.05, 4.69) is 16.2 Å². The molecule has 2 atom stereocenters. The summed E-state index contributed by atoms with van der Waals surface area (Å²) in [4.78, 5) is 0. The lowest BCUT2D eigenvalue weighted by atomic mass is 9.68. The van der Waals surface area contributed by atoms with Crippen LogP contribution in [-0.2, 0) is 0 Å². The average Bonchev–Trinajstić information content (AvgIpc) is 2.31. The molecule has 0 N–H and O–H groups in total. The van der Waals surface area contributed by atoms with Gasteiger partial charge >= 0.3 is 0 Å². The maximum atomic E-state index is 3.12. The van der Waals surface area contributed by atoms with Crippen molar-refractivity contribution < 1.29 is 0 Å². The molecule has 0 saturated heterocycles. The van der Waals surface area contributed by atoms with Crippen molar-refractivity contribution in [2.75, 3.05) is 0 Å². The molecule has 0 amide bonds. The molecule has 0 spiro atoms. The lowest BCUT2D eigenvalue weighted by molar-refractivity contribution is 0.144. The largest absolute Gasteiger partial charge is 0.134 e. The van der Waals surface area contributed by atoms with E-state index in [4.69, 9.17) is 0 Å². The van der Waals surface area contributed by atoms with Crippen LogP contribution in [0.2, 0.25) is 0 Å². The minimum Gasteiger partial charge on any atom is -0.134 e. The number of hydrogen-bond acceptors (Lipinski definition) is 0. The summed E-state index contributed by atoms with van der Waals surface area (Å²) in [6.07, 6.45) is 15.1. The van der Waals surface area contributed by atoms with Crippen molar-refractivity contribution in [1.29, 1.82) is 0 Å². The van der Waals surface area contributed by atoms with Gasteiger partial charge in [-0.3, -0.25) is 0 Å². The summed E-state index contributed by atoms with van der Waals surface area (Å²) in [7, 11) is 3.12. The molecular weight excluding hydrogens is 211 g/mol. The first-order valence-electron chi connectivity index (χ1n) is 7.54. The van der Waals surface area contributed by atoms with Gasteiger partial charge < -0.3 is 0 Å². The van der Waals surface area contributed by atoms with Crippen LogP contribution >= 0.6 is 9.24 Å². The summed E-state index contributed by atoms with van der Waals surface area (Å²) in [6, 6.07) is 0. The molecule has 2 aliphatic rings. The molecule has 2 fully saturated rings. The van der Waals surface area contributed by atoms with Gasteiger partial charge in [-0.1, -0.05) is 71.1 Å². The van der Waals surface area contributed by atoms with E-state index in [0.717, 1.165) is 23.4 Å². The van der Waals surface area contributed by atoms with Crippen LogP contribution in [0.1, 0.15) is 71.1 Å². The Kier molecular flexibility index (Phi) is 5.14. The molecule has 0 bridgehead atoms. The standard InChI is InChI=1S/C15H29P/c1-12(16)15(13-8-4-2-5-9-13)14-10-6-3-7-11-14/h12-15H,2-11,16H2,1H3. The van der Waals surface area contributed by atoms with E-state index in [0.29, 0.717) is 0 Å². The molecule has 2 unspecified atom stereocenters. The summed E-state index contributed by atoms with van der Waals surface area (Å²) in [5.41, 5.74) is 0.839. The van der Waals surface area contributed by atoms with Gasteiger partial charge in [0.05, 0.1) is 0 Å². The van der Waals surface area contributed by atoms with Gasteiger partial charge in [0.25, 0.3) is 0 Å². The topological polar surface area (TPSA) is 0 Å². The third-order valence-electron chi connectivity index (χ3n) is 5.00. The summed E-state index contributed by atoms with van der Waals surface area (Å²) in [5, 5.41) is 0. The monoisotopic (exact) mass is 240 g/mol. The maximum Gasteiger partial charge on any atom is -0.0259 e. The molecule has 2 saturated carbocycles. The van der Waals surface area contributed by atoms with Crippen LogP contribution in [-0.4, -0.2) is 5.66 Å². The highest BCUT2D eigenvalue weighted by atomic mass is 31.0. The maximum absolute atomic E-state index is 3.12. The Morgan fingerprint density at radius 2 is 1.12 bits per heavy atom. The minimum atomic E-state index is 0.839. The van der Waals surface area contributed by atoms with E-state index in [9.17, 15) is 0 Å². The highest BCUT2D eigenvalue weighted by Crippen LogP contribution is 2.43. The first-order chi connectivity index (χ1) is 7.79. The SMILES string of the molecule is CC(P)C(C1CCCCC1)C1CCCCC1. The third-order valence-corrected chi connectivity index (χ3v) is 5.44. The normalized spacial score (nSPS) is 27.2. The van der Waals surface area contributed by atoms with Crippen molar-refractivity contribution in [3.63, 3.8) is 0 Å². The molecule has 1 heteroatoms. The van der Waals surface area contributed by atoms with Crippen LogP contribution in [0.5, 0.6) is 0 Å². The highest BCUT2D eigenvalue weighted by molar-refractivity contribution is 7.17. The van der Waals surface area contributed by atoms with Crippen molar-refractivity contribution >= 4 is 9.24 Å². The van der Waals surface area contributed by atoms with Crippen LogP contribution < -0.4 is 0 Å². The van der Waals surface area contributed by atoms with Crippen LogP contribution in [0.15, 0.2) is 0 Å². The first-order valence-corrected chi connectivity index (χ1v) is 8.21. The van der Waals surface area contributed by atoms with Gasteiger partial charge in [0.15, 0.2) is 0 Å². The van der Waals surface area contributed by atoms with Gasteiger partial charge in [-0.15, -0.1) is 9.24 Å². The third kappa shape index (κ3) is 3.22. The molecule has 16 heavy (non-hydrogen) atoms. The summed E-state index contributed by atoms with van der Waals surface area (Å²) in [6.45, 7) is 2.44. The van der Waals surface area contributed by atoms with Crippen molar-refractivity contribution in [1.82, 2.24) is 0 Å². The average molecular weight is 240 g/mol. The fourth-order valence-electron chi connectivity index (χ4n) is 4.28.